The van der Waals surface area contributed by atoms with Gasteiger partial charge in [0.25, 0.3) is 0 Å². The second-order valence-corrected chi connectivity index (χ2v) is 17.6. The van der Waals surface area contributed by atoms with Crippen LogP contribution in [0, 0.1) is 87.8 Å². The number of hydrogen-bond acceptors (Lipinski definition) is 0. The lowest BCUT2D eigenvalue weighted by Gasteiger charge is -2.42. The minimum atomic E-state index is 0.433. The molecule has 3 rings (SSSR count). The van der Waals surface area contributed by atoms with E-state index in [1.807, 2.05) is 0 Å². The quantitative estimate of drug-likeness (QED) is 0.177. The van der Waals surface area contributed by atoms with Gasteiger partial charge in [0, 0.05) is 12.8 Å². The van der Waals surface area contributed by atoms with Gasteiger partial charge in [-0.25, -0.2) is 0 Å². The highest BCUT2D eigenvalue weighted by atomic mass is 14.5. The highest BCUT2D eigenvalue weighted by Gasteiger charge is 2.50. The van der Waals surface area contributed by atoms with Gasteiger partial charge in [-0.05, 0) is 140 Å². The standard InChI is InChI=1S/C40H70/c1-12-17-31(5)34(21-20-28(2)24-30(4)27-39(7,8)9)36-22-23-40(10,11)38(36)33-18-15-13-14-16-19-35-32(6)37(35)26-29(3)25-33/h12,28-38H,1,14,16-27H2,2-11H3. The highest BCUT2D eigenvalue weighted by Crippen LogP contribution is 2.58. The van der Waals surface area contributed by atoms with Gasteiger partial charge >= 0.3 is 0 Å². The van der Waals surface area contributed by atoms with Gasteiger partial charge in [-0.2, -0.15) is 0 Å². The van der Waals surface area contributed by atoms with Gasteiger partial charge in [0.1, 0.15) is 0 Å². The normalized spacial score (nSPS) is 35.6. The van der Waals surface area contributed by atoms with Crippen molar-refractivity contribution in [3.63, 3.8) is 0 Å². The molecule has 0 heterocycles. The maximum absolute atomic E-state index is 4.18. The Bertz CT molecular complexity index is 828. The van der Waals surface area contributed by atoms with Crippen molar-refractivity contribution in [3.05, 3.63) is 12.7 Å². The summed E-state index contributed by atoms with van der Waals surface area (Å²) >= 11 is 0. The fourth-order valence-electron chi connectivity index (χ4n) is 10.4. The van der Waals surface area contributed by atoms with Crippen LogP contribution in [0.3, 0.4) is 0 Å². The first-order chi connectivity index (χ1) is 18.7. The molecule has 0 aromatic rings. The predicted octanol–water partition coefficient (Wildman–Crippen LogP) is 12.2. The molecule has 0 saturated heterocycles. The molecule has 0 radical (unpaired) electrons. The van der Waals surface area contributed by atoms with E-state index in [4.69, 9.17) is 0 Å². The van der Waals surface area contributed by atoms with Crippen LogP contribution >= 0.6 is 0 Å². The fourth-order valence-corrected chi connectivity index (χ4v) is 10.4. The van der Waals surface area contributed by atoms with E-state index in [-0.39, 0.29) is 0 Å². The molecule has 0 aliphatic heterocycles. The van der Waals surface area contributed by atoms with Crippen molar-refractivity contribution in [3.8, 4) is 11.8 Å². The van der Waals surface area contributed by atoms with Crippen LogP contribution in [0.15, 0.2) is 12.7 Å². The number of rotatable bonds is 11. The second kappa shape index (κ2) is 14.7. The van der Waals surface area contributed by atoms with Crippen LogP contribution in [0.4, 0.5) is 0 Å². The Morgan fingerprint density at radius 2 is 1.68 bits per heavy atom. The van der Waals surface area contributed by atoms with Gasteiger partial charge in [-0.3, -0.25) is 0 Å². The fraction of sp³-hybridized carbons (Fsp3) is 0.900. The van der Waals surface area contributed by atoms with Gasteiger partial charge in [0.2, 0.25) is 0 Å². The summed E-state index contributed by atoms with van der Waals surface area (Å²) in [6.07, 6.45) is 19.6. The first-order valence-electron chi connectivity index (χ1n) is 17.8. The minimum absolute atomic E-state index is 0.433. The van der Waals surface area contributed by atoms with Crippen LogP contribution < -0.4 is 0 Å². The zero-order valence-corrected chi connectivity index (χ0v) is 28.8. The molecule has 0 spiro atoms. The number of fused-ring (bicyclic) bond motifs is 1. The molecular weight excluding hydrogens is 480 g/mol. The summed E-state index contributed by atoms with van der Waals surface area (Å²) in [5.74, 6) is 16.8. The minimum Gasteiger partial charge on any atom is -0.103 e. The predicted molar refractivity (Wildman–Crippen MR) is 178 cm³/mol. The van der Waals surface area contributed by atoms with Crippen LogP contribution in [-0.4, -0.2) is 0 Å². The summed E-state index contributed by atoms with van der Waals surface area (Å²) in [7, 11) is 0. The van der Waals surface area contributed by atoms with Crippen molar-refractivity contribution in [2.75, 3.05) is 0 Å². The lowest BCUT2D eigenvalue weighted by Crippen LogP contribution is -2.36. The van der Waals surface area contributed by atoms with Crippen molar-refractivity contribution in [1.82, 2.24) is 0 Å². The lowest BCUT2D eigenvalue weighted by molar-refractivity contribution is 0.0655. The lowest BCUT2D eigenvalue weighted by atomic mass is 9.62. The monoisotopic (exact) mass is 551 g/mol. The Morgan fingerprint density at radius 3 is 2.35 bits per heavy atom. The summed E-state index contributed by atoms with van der Waals surface area (Å²) in [5.41, 5.74) is 0.872. The largest absolute Gasteiger partial charge is 0.103 e. The third kappa shape index (κ3) is 9.67. The van der Waals surface area contributed by atoms with Crippen LogP contribution in [0.2, 0.25) is 0 Å². The van der Waals surface area contributed by atoms with E-state index in [0.29, 0.717) is 10.8 Å². The van der Waals surface area contributed by atoms with Gasteiger partial charge < -0.3 is 0 Å². The van der Waals surface area contributed by atoms with Gasteiger partial charge in [-0.1, -0.05) is 81.7 Å². The molecule has 3 aliphatic carbocycles. The Balaban J connectivity index is 1.78. The smallest absolute Gasteiger partial charge is 0.0120 e. The molecule has 0 aromatic heterocycles. The van der Waals surface area contributed by atoms with Crippen molar-refractivity contribution >= 4 is 0 Å². The Kier molecular flexibility index (Phi) is 12.4. The van der Waals surface area contributed by atoms with E-state index in [1.165, 1.54) is 70.6 Å². The summed E-state index contributed by atoms with van der Waals surface area (Å²) < 4.78 is 0. The summed E-state index contributed by atoms with van der Waals surface area (Å²) in [6.45, 7) is 29.3. The van der Waals surface area contributed by atoms with Gasteiger partial charge in [0.05, 0.1) is 0 Å². The van der Waals surface area contributed by atoms with Crippen molar-refractivity contribution in [1.29, 1.82) is 0 Å². The van der Waals surface area contributed by atoms with Crippen LogP contribution in [0.25, 0.3) is 0 Å². The molecule has 0 bridgehead atoms. The topological polar surface area (TPSA) is 0 Å². The van der Waals surface area contributed by atoms with E-state index in [1.54, 1.807) is 0 Å². The maximum Gasteiger partial charge on any atom is 0.0120 e. The molecule has 0 heteroatoms. The third-order valence-electron chi connectivity index (χ3n) is 12.0. The van der Waals surface area contributed by atoms with Crippen LogP contribution in [0.1, 0.15) is 153 Å². The molecule has 2 saturated carbocycles. The third-order valence-corrected chi connectivity index (χ3v) is 12.0. The number of allylic oxidation sites excluding steroid dienone is 1. The summed E-state index contributed by atoms with van der Waals surface area (Å²) in [4.78, 5) is 0. The van der Waals surface area contributed by atoms with Crippen LogP contribution in [0.5, 0.6) is 0 Å². The molecule has 2 fully saturated rings. The molecule has 0 amide bonds. The molecule has 230 valence electrons. The average molecular weight is 551 g/mol. The highest BCUT2D eigenvalue weighted by molar-refractivity contribution is 5.06. The summed E-state index contributed by atoms with van der Waals surface area (Å²) in [5, 5.41) is 0. The Hall–Kier alpha value is -0.700. The van der Waals surface area contributed by atoms with E-state index in [2.05, 4.69) is 93.7 Å². The van der Waals surface area contributed by atoms with E-state index in [0.717, 1.165) is 77.9 Å². The van der Waals surface area contributed by atoms with Crippen molar-refractivity contribution in [2.24, 2.45) is 75.9 Å². The first kappa shape index (κ1) is 33.8. The molecule has 11 unspecified atom stereocenters. The van der Waals surface area contributed by atoms with Crippen molar-refractivity contribution in [2.45, 2.75) is 153 Å². The van der Waals surface area contributed by atoms with Crippen molar-refractivity contribution < 1.29 is 0 Å². The SMILES string of the molecule is C=CCC(C)C(CCC(C)CC(C)CC(C)(C)C)C1CCC(C)(C)C1C1CC#CCCCC2C(C)C2CC(C)C1. The Labute approximate surface area is 252 Å². The maximum atomic E-state index is 4.18. The van der Waals surface area contributed by atoms with Gasteiger partial charge in [0.15, 0.2) is 0 Å². The van der Waals surface area contributed by atoms with E-state index < -0.39 is 0 Å². The second-order valence-electron chi connectivity index (χ2n) is 17.6. The Morgan fingerprint density at radius 1 is 0.950 bits per heavy atom. The summed E-state index contributed by atoms with van der Waals surface area (Å²) in [6, 6.07) is 0. The zero-order valence-electron chi connectivity index (χ0n) is 28.8. The number of hydrogen-bond donors (Lipinski definition) is 0. The first-order valence-corrected chi connectivity index (χ1v) is 17.8. The van der Waals surface area contributed by atoms with E-state index in [9.17, 15) is 0 Å². The molecular formula is C40H70. The molecule has 3 aliphatic rings. The van der Waals surface area contributed by atoms with Crippen LogP contribution in [-0.2, 0) is 0 Å². The van der Waals surface area contributed by atoms with E-state index >= 15 is 0 Å². The molecule has 40 heavy (non-hydrogen) atoms. The average Bonchev–Trinajstić information content (AvgIpc) is 3.29. The molecule has 0 nitrogen and oxygen atoms in total. The van der Waals surface area contributed by atoms with Gasteiger partial charge in [-0.15, -0.1) is 18.4 Å². The molecule has 11 atom stereocenters. The molecule has 0 N–H and O–H groups in total. The molecule has 0 aromatic carbocycles. The zero-order chi connectivity index (χ0) is 29.7.